The molecule has 1 unspecified atom stereocenters. The van der Waals surface area contributed by atoms with Crippen LogP contribution in [0.25, 0.3) is 11.1 Å². The van der Waals surface area contributed by atoms with E-state index in [1.54, 1.807) is 0 Å². The SMILES string of the molecule is CCC[C@H](NC(=O)[C@@H]1C[C@]2(CC(c3ccccc3)=NO2)CN1C(=O)OCC1c2ccccc2-c2ccccc21)C(OC[CH]=[Cd])C(=O)NC1CC1. The van der Waals surface area contributed by atoms with Crippen LogP contribution >= 0.6 is 0 Å². The number of nitrogens with zero attached hydrogens (tertiary/aromatic N) is 2. The van der Waals surface area contributed by atoms with Crippen molar-refractivity contribution >= 4 is 27.2 Å². The van der Waals surface area contributed by atoms with Gasteiger partial charge in [0.15, 0.2) is 0 Å². The molecule has 4 aliphatic rings. The van der Waals surface area contributed by atoms with E-state index in [4.69, 9.17) is 14.3 Å². The Morgan fingerprint density at radius 3 is 2.36 bits per heavy atom. The average Bonchev–Trinajstić information content (AvgIpc) is 3.59. The molecule has 3 amide bonds. The fourth-order valence-corrected chi connectivity index (χ4v) is 7.89. The zero-order chi connectivity index (χ0) is 34.7. The summed E-state index contributed by atoms with van der Waals surface area (Å²) in [4.78, 5) is 49.4. The van der Waals surface area contributed by atoms with Gasteiger partial charge in [-0.1, -0.05) is 78.9 Å². The number of carbonyl (C=O) groups excluding carboxylic acids is 3. The Balaban J connectivity index is 1.12. The van der Waals surface area contributed by atoms with Crippen LogP contribution in [0.4, 0.5) is 4.79 Å². The fraction of sp³-hybridized carbons (Fsp3) is 0.410. The summed E-state index contributed by atoms with van der Waals surface area (Å²) in [5.74, 6) is -0.702. The van der Waals surface area contributed by atoms with Crippen LogP contribution in [0.3, 0.4) is 0 Å². The van der Waals surface area contributed by atoms with E-state index < -0.39 is 29.9 Å². The van der Waals surface area contributed by atoms with Gasteiger partial charge < -0.3 is 0 Å². The van der Waals surface area contributed by atoms with Gasteiger partial charge in [-0.3, -0.25) is 0 Å². The number of hydrogen-bond acceptors (Lipinski definition) is 7. The Morgan fingerprint density at radius 1 is 1.02 bits per heavy atom. The number of benzene rings is 3. The van der Waals surface area contributed by atoms with Crippen LogP contribution in [0.2, 0.25) is 0 Å². The third kappa shape index (κ3) is 7.27. The third-order valence-corrected chi connectivity index (χ3v) is 10.8. The summed E-state index contributed by atoms with van der Waals surface area (Å²) in [5, 5.41) is 10.6. The Hall–Kier alpha value is -3.91. The fourth-order valence-electron chi connectivity index (χ4n) is 7.50. The molecule has 10 nitrogen and oxygen atoms in total. The number of fused-ring (bicyclic) bond motifs is 3. The van der Waals surface area contributed by atoms with E-state index >= 15 is 0 Å². The van der Waals surface area contributed by atoms with Crippen LogP contribution < -0.4 is 10.6 Å². The maximum atomic E-state index is 14.3. The summed E-state index contributed by atoms with van der Waals surface area (Å²) in [6.07, 6.45) is 2.42. The molecule has 2 aliphatic carbocycles. The number of hydrogen-bond donors (Lipinski definition) is 2. The number of amides is 3. The first kappa shape index (κ1) is 34.5. The molecule has 0 radical (unpaired) electrons. The monoisotopic (exact) mass is 776 g/mol. The van der Waals surface area contributed by atoms with E-state index in [9.17, 15) is 14.4 Å². The zero-order valence-corrected chi connectivity index (χ0v) is 32.4. The average molecular weight is 775 g/mol. The zero-order valence-electron chi connectivity index (χ0n) is 28.4. The van der Waals surface area contributed by atoms with Gasteiger partial charge in [0.25, 0.3) is 0 Å². The van der Waals surface area contributed by atoms with Gasteiger partial charge in [-0.05, 0) is 27.8 Å². The van der Waals surface area contributed by atoms with E-state index in [-0.39, 0.29) is 43.3 Å². The van der Waals surface area contributed by atoms with Crippen LogP contribution in [0.5, 0.6) is 0 Å². The van der Waals surface area contributed by atoms with Crippen LogP contribution in [-0.4, -0.2) is 81.7 Å². The number of oxime groups is 1. The summed E-state index contributed by atoms with van der Waals surface area (Å²) in [5.41, 5.74) is 5.32. The predicted molar refractivity (Wildman–Crippen MR) is 185 cm³/mol. The first-order valence-corrected chi connectivity index (χ1v) is 20.0. The van der Waals surface area contributed by atoms with Crippen molar-refractivity contribution in [2.24, 2.45) is 5.16 Å². The van der Waals surface area contributed by atoms with Gasteiger partial charge in [0.05, 0.1) is 0 Å². The van der Waals surface area contributed by atoms with Crippen molar-refractivity contribution in [1.29, 1.82) is 0 Å². The van der Waals surface area contributed by atoms with E-state index in [1.807, 2.05) is 65.1 Å². The van der Waals surface area contributed by atoms with E-state index in [2.05, 4.69) is 40.1 Å². The predicted octanol–water partition coefficient (Wildman–Crippen LogP) is 4.87. The molecule has 0 bridgehead atoms. The first-order chi connectivity index (χ1) is 24.4. The molecule has 2 N–H and O–H groups in total. The van der Waals surface area contributed by atoms with Crippen molar-refractivity contribution < 1.29 is 54.0 Å². The topological polar surface area (TPSA) is 119 Å². The quantitative estimate of drug-likeness (QED) is 0.240. The summed E-state index contributed by atoms with van der Waals surface area (Å²) < 4.78 is 14.1. The van der Waals surface area contributed by atoms with Crippen molar-refractivity contribution in [2.75, 3.05) is 19.8 Å². The van der Waals surface area contributed by atoms with Crippen LogP contribution in [-0.2, 0) is 49.2 Å². The van der Waals surface area contributed by atoms with Crippen molar-refractivity contribution in [1.82, 2.24) is 15.5 Å². The molecule has 4 atom stereocenters. The molecule has 2 fully saturated rings. The molecule has 2 heterocycles. The van der Waals surface area contributed by atoms with Gasteiger partial charge in [-0.25, -0.2) is 0 Å². The Labute approximate surface area is 308 Å². The summed E-state index contributed by atoms with van der Waals surface area (Å²) in [6.45, 7) is 2.62. The van der Waals surface area contributed by atoms with Gasteiger partial charge in [0.1, 0.15) is 0 Å². The molecule has 1 saturated heterocycles. The van der Waals surface area contributed by atoms with Gasteiger partial charge in [0, 0.05) is 5.92 Å². The van der Waals surface area contributed by atoms with Gasteiger partial charge in [-0.2, -0.15) is 0 Å². The van der Waals surface area contributed by atoms with Crippen LogP contribution in [0.1, 0.15) is 68.1 Å². The second-order valence-electron chi connectivity index (χ2n) is 13.7. The van der Waals surface area contributed by atoms with Gasteiger partial charge in [-0.15, -0.1) is 0 Å². The number of likely N-dealkylation sites (tertiary alicyclic amines) is 1. The second-order valence-corrected chi connectivity index (χ2v) is 15.4. The van der Waals surface area contributed by atoms with Crippen molar-refractivity contribution in [3.05, 3.63) is 95.6 Å². The molecule has 0 aromatic heterocycles. The molecule has 3 aromatic rings. The summed E-state index contributed by atoms with van der Waals surface area (Å²) >= 11 is 0.587. The molecule has 11 heteroatoms. The summed E-state index contributed by atoms with van der Waals surface area (Å²) in [7, 11) is 0. The number of nitrogens with one attached hydrogen (secondary N) is 2. The standard InChI is InChI=1S/C39H42N4O6.Cd/c1-3-12-32(35(47-4-2)37(45)40-26-19-20-26)41-36(44)34-22-39(21-33(42-49-39)25-13-6-5-7-14-25)24-43(34)38(46)48-23-31-29-17-10-8-15-27(29)28-16-9-11-18-30(28)31;/h2,5-11,13-18,26,31-32,34-35H,3-4,12,19-24H2,1H3,(H,40,45)(H,41,44);/t32-,34-,35?,39+;/m0./s1. The van der Waals surface area contributed by atoms with Crippen molar-refractivity contribution in [2.45, 2.75) is 81.2 Å². The second kappa shape index (κ2) is 15.1. The van der Waals surface area contributed by atoms with E-state index in [1.165, 1.54) is 4.90 Å². The minimum atomic E-state index is -0.894. The van der Waals surface area contributed by atoms with E-state index in [0.717, 1.165) is 52.8 Å². The normalized spacial score (nSPS) is 21.9. The number of carbonyl (C=O) groups is 3. The summed E-state index contributed by atoms with van der Waals surface area (Å²) in [6, 6.07) is 24.9. The van der Waals surface area contributed by atoms with Crippen LogP contribution in [0, 0.1) is 0 Å². The molecule has 3 aromatic carbocycles. The molecule has 50 heavy (non-hydrogen) atoms. The Bertz CT molecular complexity index is 1740. The van der Waals surface area contributed by atoms with Gasteiger partial charge in [0.2, 0.25) is 0 Å². The molecular weight excluding hydrogens is 733 g/mol. The molecule has 7 rings (SSSR count). The van der Waals surface area contributed by atoms with Crippen molar-refractivity contribution in [3.63, 3.8) is 0 Å². The number of ether oxygens (including phenoxy) is 2. The molecular formula is C39H42CdN4O6. The van der Waals surface area contributed by atoms with Crippen molar-refractivity contribution in [3.8, 4) is 11.1 Å². The molecule has 1 spiro atoms. The number of rotatable bonds is 13. The minimum absolute atomic E-state index is 0.123. The Kier molecular flexibility index (Phi) is 10.5. The molecule has 1 saturated carbocycles. The van der Waals surface area contributed by atoms with E-state index in [0.29, 0.717) is 44.7 Å². The third-order valence-electron chi connectivity index (χ3n) is 10.1. The maximum absolute atomic E-state index is 14.3. The first-order valence-electron chi connectivity index (χ1n) is 17.6. The molecule has 256 valence electrons. The van der Waals surface area contributed by atoms with Crippen LogP contribution in [0.15, 0.2) is 84.0 Å². The van der Waals surface area contributed by atoms with Gasteiger partial charge >= 0.3 is 197 Å². The molecule has 2 aliphatic heterocycles. The Morgan fingerprint density at radius 2 is 1.70 bits per heavy atom.